The Kier molecular flexibility index (Phi) is 3.62. The predicted octanol–water partition coefficient (Wildman–Crippen LogP) is 0.764. The molecule has 8 heteroatoms. The Labute approximate surface area is 118 Å². The first-order valence-electron chi connectivity index (χ1n) is 6.04. The molecule has 0 aliphatic heterocycles. The number of guanidine groups is 1. The van der Waals surface area contributed by atoms with Gasteiger partial charge >= 0.3 is 5.97 Å². The van der Waals surface area contributed by atoms with Gasteiger partial charge in [-0.05, 0) is 19.1 Å². The first-order chi connectivity index (χ1) is 9.85. The van der Waals surface area contributed by atoms with Gasteiger partial charge in [-0.25, -0.2) is 14.2 Å². The molecule has 21 heavy (non-hydrogen) atoms. The molecule has 0 unspecified atom stereocenters. The second kappa shape index (κ2) is 5.23. The number of carbonyl (C=O) groups is 1. The van der Waals surface area contributed by atoms with Crippen molar-refractivity contribution in [2.45, 2.75) is 13.5 Å². The molecule has 0 saturated heterocycles. The maximum absolute atomic E-state index is 13.9. The number of aromatic carboxylic acids is 1. The minimum atomic E-state index is -1.36. The summed E-state index contributed by atoms with van der Waals surface area (Å²) < 4.78 is 15.4. The van der Waals surface area contributed by atoms with Crippen LogP contribution < -0.4 is 16.9 Å². The molecular weight excluding hydrogens is 279 g/mol. The third kappa shape index (κ3) is 2.55. The van der Waals surface area contributed by atoms with E-state index < -0.39 is 22.8 Å². The summed E-state index contributed by atoms with van der Waals surface area (Å²) in [5, 5.41) is 8.99. The standard InChI is InChI=1S/C13H13FN4O3/c1-2-18-5-7(12(20)21)11(19)6-3-8(14)9(4-10(6)18)17-13(15)16/h3-5H,2H2,1H3,(H,20,21)(H4,15,16,17). The molecule has 7 nitrogen and oxygen atoms in total. The quantitative estimate of drug-likeness (QED) is 0.569. The summed E-state index contributed by atoms with van der Waals surface area (Å²) in [4.78, 5) is 26.8. The van der Waals surface area contributed by atoms with Gasteiger partial charge in [0.05, 0.1) is 5.52 Å². The summed E-state index contributed by atoms with van der Waals surface area (Å²) in [5.41, 5.74) is 9.50. The number of carboxylic acids is 1. The minimum Gasteiger partial charge on any atom is -0.477 e. The van der Waals surface area contributed by atoms with E-state index in [-0.39, 0.29) is 17.0 Å². The van der Waals surface area contributed by atoms with Gasteiger partial charge in [0.2, 0.25) is 5.43 Å². The van der Waals surface area contributed by atoms with Gasteiger partial charge in [0.1, 0.15) is 17.1 Å². The maximum Gasteiger partial charge on any atom is 0.341 e. The highest BCUT2D eigenvalue weighted by Crippen LogP contribution is 2.24. The van der Waals surface area contributed by atoms with Gasteiger partial charge in [-0.1, -0.05) is 0 Å². The summed E-state index contributed by atoms with van der Waals surface area (Å²) >= 11 is 0. The van der Waals surface area contributed by atoms with E-state index in [9.17, 15) is 14.0 Å². The zero-order chi connectivity index (χ0) is 15.7. The monoisotopic (exact) mass is 292 g/mol. The minimum absolute atomic E-state index is 0.0382. The number of benzene rings is 1. The van der Waals surface area contributed by atoms with Gasteiger partial charge in [-0.2, -0.15) is 0 Å². The molecule has 0 atom stereocenters. The van der Waals surface area contributed by atoms with E-state index in [1.165, 1.54) is 16.8 Å². The van der Waals surface area contributed by atoms with Gasteiger partial charge in [0.25, 0.3) is 0 Å². The van der Waals surface area contributed by atoms with Crippen LogP contribution in [0.4, 0.5) is 10.1 Å². The molecule has 0 aliphatic rings. The predicted molar refractivity (Wildman–Crippen MR) is 76.3 cm³/mol. The van der Waals surface area contributed by atoms with Crippen molar-refractivity contribution in [3.63, 3.8) is 0 Å². The molecule has 1 heterocycles. The van der Waals surface area contributed by atoms with Crippen molar-refractivity contribution in [3.05, 3.63) is 39.9 Å². The number of hydrogen-bond acceptors (Lipinski definition) is 3. The summed E-state index contributed by atoms with van der Waals surface area (Å²) in [6, 6.07) is 2.25. The van der Waals surface area contributed by atoms with Crippen LogP contribution in [0.25, 0.3) is 10.9 Å². The number of halogens is 1. The van der Waals surface area contributed by atoms with Crippen molar-refractivity contribution in [2.24, 2.45) is 16.5 Å². The summed E-state index contributed by atoms with van der Waals surface area (Å²) in [5.74, 6) is -2.49. The summed E-state index contributed by atoms with van der Waals surface area (Å²) in [6.45, 7) is 2.16. The molecule has 0 aliphatic carbocycles. The Morgan fingerprint density at radius 2 is 2.10 bits per heavy atom. The number of aryl methyl sites for hydroxylation is 1. The Bertz CT molecular complexity index is 822. The summed E-state index contributed by atoms with van der Waals surface area (Å²) in [6.07, 6.45) is 1.21. The number of pyridine rings is 1. The fraction of sp³-hybridized carbons (Fsp3) is 0.154. The highest BCUT2D eigenvalue weighted by atomic mass is 19.1. The summed E-state index contributed by atoms with van der Waals surface area (Å²) in [7, 11) is 0. The van der Waals surface area contributed by atoms with Crippen molar-refractivity contribution < 1.29 is 14.3 Å². The fourth-order valence-electron chi connectivity index (χ4n) is 2.04. The zero-order valence-electron chi connectivity index (χ0n) is 11.1. The molecule has 0 bridgehead atoms. The van der Waals surface area contributed by atoms with Crippen LogP contribution in [-0.4, -0.2) is 21.6 Å². The molecular formula is C13H13FN4O3. The Balaban J connectivity index is 2.92. The third-order valence-electron chi connectivity index (χ3n) is 2.97. The number of fused-ring (bicyclic) bond motifs is 1. The van der Waals surface area contributed by atoms with Gasteiger partial charge in [-0.15, -0.1) is 0 Å². The third-order valence-corrected chi connectivity index (χ3v) is 2.97. The van der Waals surface area contributed by atoms with Crippen molar-refractivity contribution in [3.8, 4) is 0 Å². The molecule has 110 valence electrons. The lowest BCUT2D eigenvalue weighted by molar-refractivity contribution is 0.0695. The van der Waals surface area contributed by atoms with E-state index in [0.29, 0.717) is 12.1 Å². The molecule has 0 fully saturated rings. The van der Waals surface area contributed by atoms with Crippen LogP contribution in [0, 0.1) is 5.82 Å². The number of nitrogens with zero attached hydrogens (tertiary/aromatic N) is 2. The second-order valence-electron chi connectivity index (χ2n) is 4.32. The van der Waals surface area contributed by atoms with Crippen LogP contribution in [-0.2, 0) is 6.54 Å². The van der Waals surface area contributed by atoms with Crippen molar-refractivity contribution in [1.29, 1.82) is 0 Å². The second-order valence-corrected chi connectivity index (χ2v) is 4.32. The van der Waals surface area contributed by atoms with E-state index in [1.54, 1.807) is 6.92 Å². The van der Waals surface area contributed by atoms with Crippen LogP contribution >= 0.6 is 0 Å². The molecule has 0 amide bonds. The maximum atomic E-state index is 13.9. The van der Waals surface area contributed by atoms with Crippen molar-refractivity contribution in [1.82, 2.24) is 4.57 Å². The van der Waals surface area contributed by atoms with Gasteiger partial charge in [-0.3, -0.25) is 4.79 Å². The average molecular weight is 292 g/mol. The topological polar surface area (TPSA) is 124 Å². The number of nitrogens with two attached hydrogens (primary N) is 2. The number of hydrogen-bond donors (Lipinski definition) is 3. The van der Waals surface area contributed by atoms with Crippen LogP contribution in [0.15, 0.2) is 28.1 Å². The molecule has 0 spiro atoms. The lowest BCUT2D eigenvalue weighted by Gasteiger charge is -2.11. The number of aromatic nitrogens is 1. The van der Waals surface area contributed by atoms with E-state index in [1.807, 2.05) is 0 Å². The fourth-order valence-corrected chi connectivity index (χ4v) is 2.04. The molecule has 2 aromatic rings. The van der Waals surface area contributed by atoms with E-state index in [2.05, 4.69) is 4.99 Å². The van der Waals surface area contributed by atoms with Gasteiger partial charge in [0.15, 0.2) is 5.96 Å². The Morgan fingerprint density at radius 3 is 2.62 bits per heavy atom. The average Bonchev–Trinajstić information content (AvgIpc) is 2.40. The normalized spacial score (nSPS) is 10.6. The van der Waals surface area contributed by atoms with Gasteiger partial charge < -0.3 is 21.1 Å². The zero-order valence-corrected chi connectivity index (χ0v) is 11.1. The van der Waals surface area contributed by atoms with E-state index in [4.69, 9.17) is 16.6 Å². The number of rotatable bonds is 3. The number of aliphatic imine (C=N–C) groups is 1. The van der Waals surface area contributed by atoms with E-state index in [0.717, 1.165) is 6.07 Å². The highest BCUT2D eigenvalue weighted by molar-refractivity contribution is 5.93. The first kappa shape index (κ1) is 14.5. The first-order valence-corrected chi connectivity index (χ1v) is 6.04. The molecule has 0 saturated carbocycles. The lowest BCUT2D eigenvalue weighted by Crippen LogP contribution is -2.22. The van der Waals surface area contributed by atoms with Crippen molar-refractivity contribution in [2.75, 3.05) is 0 Å². The van der Waals surface area contributed by atoms with Crippen LogP contribution in [0.5, 0.6) is 0 Å². The Morgan fingerprint density at radius 1 is 1.43 bits per heavy atom. The highest BCUT2D eigenvalue weighted by Gasteiger charge is 2.16. The van der Waals surface area contributed by atoms with Gasteiger partial charge in [0, 0.05) is 18.1 Å². The van der Waals surface area contributed by atoms with Crippen molar-refractivity contribution >= 4 is 28.5 Å². The molecule has 1 aromatic heterocycles. The van der Waals surface area contributed by atoms with Crippen LogP contribution in [0.2, 0.25) is 0 Å². The largest absolute Gasteiger partial charge is 0.477 e. The number of carboxylic acid groups (broad SMARTS) is 1. The molecule has 5 N–H and O–H groups in total. The molecule has 1 aromatic carbocycles. The van der Waals surface area contributed by atoms with Crippen LogP contribution in [0.3, 0.4) is 0 Å². The van der Waals surface area contributed by atoms with Crippen LogP contribution in [0.1, 0.15) is 17.3 Å². The lowest BCUT2D eigenvalue weighted by atomic mass is 10.1. The smallest absolute Gasteiger partial charge is 0.341 e. The molecule has 0 radical (unpaired) electrons. The van der Waals surface area contributed by atoms with E-state index >= 15 is 0 Å². The molecule has 2 rings (SSSR count). The SMILES string of the molecule is CCn1cc(C(=O)O)c(=O)c2cc(F)c(N=C(N)N)cc21. The Hall–Kier alpha value is -2.90.